The summed E-state index contributed by atoms with van der Waals surface area (Å²) in [4.78, 5) is 35.3. The molecular formula is C14H14N2O5. The number of aromatic nitrogens is 1. The monoisotopic (exact) mass is 290 g/mol. The van der Waals surface area contributed by atoms with E-state index in [9.17, 15) is 14.7 Å². The maximum absolute atomic E-state index is 11.8. The van der Waals surface area contributed by atoms with E-state index >= 15 is 0 Å². The quantitative estimate of drug-likeness (QED) is 0.574. The highest BCUT2D eigenvalue weighted by atomic mass is 17.2. The maximum Gasteiger partial charge on any atom is 0.359 e. The molecule has 1 aromatic carbocycles. The van der Waals surface area contributed by atoms with Gasteiger partial charge in [-0.3, -0.25) is 15.0 Å². The Kier molecular flexibility index (Phi) is 3.36. The Balaban J connectivity index is 2.07. The Morgan fingerprint density at radius 3 is 2.81 bits per heavy atom. The van der Waals surface area contributed by atoms with Gasteiger partial charge < -0.3 is 10.1 Å². The van der Waals surface area contributed by atoms with E-state index in [4.69, 9.17) is 0 Å². The Labute approximate surface area is 119 Å². The van der Waals surface area contributed by atoms with Gasteiger partial charge in [0.1, 0.15) is 12.1 Å². The smallest absolute Gasteiger partial charge is 0.359 e. The molecule has 110 valence electrons. The van der Waals surface area contributed by atoms with Crippen molar-refractivity contribution >= 4 is 22.8 Å². The molecule has 1 aliphatic heterocycles. The van der Waals surface area contributed by atoms with Crippen molar-refractivity contribution in [3.05, 3.63) is 35.5 Å². The van der Waals surface area contributed by atoms with Crippen LogP contribution in [-0.4, -0.2) is 35.2 Å². The van der Waals surface area contributed by atoms with E-state index in [-0.39, 0.29) is 0 Å². The van der Waals surface area contributed by atoms with Crippen molar-refractivity contribution in [2.45, 2.75) is 18.5 Å². The number of hydrogen-bond donors (Lipinski definition) is 3. The molecule has 2 aromatic rings. The maximum atomic E-state index is 11.8. The largest absolute Gasteiger partial charge is 0.480 e. The Hall–Kier alpha value is -2.38. The second-order valence-corrected chi connectivity index (χ2v) is 4.83. The number of H-pyrrole nitrogens is 1. The molecule has 3 rings (SSSR count). The molecule has 0 saturated heterocycles. The van der Waals surface area contributed by atoms with Crippen LogP contribution in [0.15, 0.2) is 24.3 Å². The van der Waals surface area contributed by atoms with Crippen LogP contribution in [-0.2, 0) is 25.8 Å². The number of benzene rings is 1. The lowest BCUT2D eigenvalue weighted by atomic mass is 9.94. The molecule has 0 amide bonds. The molecule has 21 heavy (non-hydrogen) atoms. The molecule has 2 atom stereocenters. The van der Waals surface area contributed by atoms with Gasteiger partial charge in [-0.05, 0) is 11.6 Å². The van der Waals surface area contributed by atoms with E-state index in [1.807, 2.05) is 24.3 Å². The van der Waals surface area contributed by atoms with Gasteiger partial charge in [-0.2, -0.15) is 4.89 Å². The molecule has 0 radical (unpaired) electrons. The molecule has 7 nitrogen and oxygen atoms in total. The summed E-state index contributed by atoms with van der Waals surface area (Å²) in [5, 5.41) is 13.1. The number of carboxylic acids is 1. The number of carbonyl (C=O) groups is 2. The van der Waals surface area contributed by atoms with Crippen LogP contribution in [0.5, 0.6) is 0 Å². The van der Waals surface area contributed by atoms with Crippen LogP contribution in [0, 0.1) is 0 Å². The van der Waals surface area contributed by atoms with E-state index in [0.717, 1.165) is 16.5 Å². The number of fused-ring (bicyclic) bond motifs is 3. The highest BCUT2D eigenvalue weighted by molar-refractivity contribution is 5.90. The molecule has 2 unspecified atom stereocenters. The van der Waals surface area contributed by atoms with E-state index in [1.165, 1.54) is 7.11 Å². The summed E-state index contributed by atoms with van der Waals surface area (Å²) in [6, 6.07) is 5.75. The van der Waals surface area contributed by atoms with Crippen LogP contribution in [0.1, 0.15) is 17.3 Å². The van der Waals surface area contributed by atoms with Crippen molar-refractivity contribution in [2.24, 2.45) is 0 Å². The molecule has 0 bridgehead atoms. The number of hydrogen-bond acceptors (Lipinski definition) is 5. The molecule has 2 heterocycles. The molecular weight excluding hydrogens is 276 g/mol. The van der Waals surface area contributed by atoms with E-state index in [1.54, 1.807) is 0 Å². The normalized spacial score (nSPS) is 21.0. The lowest BCUT2D eigenvalue weighted by Crippen LogP contribution is -2.47. The predicted molar refractivity (Wildman–Crippen MR) is 72.4 cm³/mol. The van der Waals surface area contributed by atoms with E-state index in [0.29, 0.717) is 12.1 Å². The zero-order valence-electron chi connectivity index (χ0n) is 11.3. The van der Waals surface area contributed by atoms with Gasteiger partial charge in [0.05, 0.1) is 7.11 Å². The van der Waals surface area contributed by atoms with Crippen molar-refractivity contribution in [1.29, 1.82) is 0 Å². The molecule has 1 aliphatic rings. The molecule has 3 N–H and O–H groups in total. The van der Waals surface area contributed by atoms with Gasteiger partial charge in [-0.25, -0.2) is 4.79 Å². The summed E-state index contributed by atoms with van der Waals surface area (Å²) in [5.41, 5.74) is 2.23. The third kappa shape index (κ3) is 2.26. The van der Waals surface area contributed by atoms with Crippen LogP contribution in [0.2, 0.25) is 0 Å². The summed E-state index contributed by atoms with van der Waals surface area (Å²) < 4.78 is 0. The number of aliphatic carboxylic acids is 1. The van der Waals surface area contributed by atoms with Gasteiger partial charge in [0.2, 0.25) is 0 Å². The molecule has 0 spiro atoms. The van der Waals surface area contributed by atoms with Crippen molar-refractivity contribution in [1.82, 2.24) is 10.3 Å². The van der Waals surface area contributed by atoms with Gasteiger partial charge in [0.15, 0.2) is 0 Å². The van der Waals surface area contributed by atoms with Gasteiger partial charge >= 0.3 is 11.9 Å². The van der Waals surface area contributed by atoms with Crippen LogP contribution in [0.3, 0.4) is 0 Å². The van der Waals surface area contributed by atoms with Crippen LogP contribution >= 0.6 is 0 Å². The number of rotatable bonds is 3. The minimum atomic E-state index is -1.06. The van der Waals surface area contributed by atoms with Gasteiger partial charge in [-0.1, -0.05) is 18.2 Å². The highest BCUT2D eigenvalue weighted by Crippen LogP contribution is 2.32. The fourth-order valence-corrected chi connectivity index (χ4v) is 2.72. The Bertz CT molecular complexity index is 708. The first-order valence-corrected chi connectivity index (χ1v) is 6.44. The first-order chi connectivity index (χ1) is 10.1. The predicted octanol–water partition coefficient (Wildman–Crippen LogP) is 0.912. The first kappa shape index (κ1) is 13.6. The van der Waals surface area contributed by atoms with Crippen LogP contribution in [0.25, 0.3) is 10.9 Å². The summed E-state index contributed by atoms with van der Waals surface area (Å²) in [7, 11) is 1.23. The lowest BCUT2D eigenvalue weighted by molar-refractivity contribution is -0.257. The summed E-state index contributed by atoms with van der Waals surface area (Å²) in [6.45, 7) is 0. The highest BCUT2D eigenvalue weighted by Gasteiger charge is 2.37. The number of carboxylic acid groups (broad SMARTS) is 1. The second kappa shape index (κ2) is 5.19. The molecule has 1 aromatic heterocycles. The van der Waals surface area contributed by atoms with E-state index < -0.39 is 24.0 Å². The molecule has 0 saturated carbocycles. The van der Waals surface area contributed by atoms with Crippen LogP contribution in [0.4, 0.5) is 0 Å². The lowest BCUT2D eigenvalue weighted by Gasteiger charge is -2.26. The third-order valence-corrected chi connectivity index (χ3v) is 3.61. The van der Waals surface area contributed by atoms with Gasteiger partial charge in [0.25, 0.3) is 0 Å². The topological polar surface area (TPSA) is 101 Å². The first-order valence-electron chi connectivity index (χ1n) is 6.44. The van der Waals surface area contributed by atoms with Crippen molar-refractivity contribution in [2.75, 3.05) is 7.11 Å². The van der Waals surface area contributed by atoms with Gasteiger partial charge in [-0.15, -0.1) is 0 Å². The number of carbonyl (C=O) groups excluding carboxylic acids is 1. The number of nitrogens with one attached hydrogen (secondary N) is 2. The fourth-order valence-electron chi connectivity index (χ4n) is 2.72. The third-order valence-electron chi connectivity index (χ3n) is 3.61. The zero-order valence-corrected chi connectivity index (χ0v) is 11.3. The summed E-state index contributed by atoms with van der Waals surface area (Å²) >= 11 is 0. The van der Waals surface area contributed by atoms with Crippen LogP contribution < -0.4 is 5.32 Å². The second-order valence-electron chi connectivity index (χ2n) is 4.83. The number of aromatic amines is 1. The average molecular weight is 290 g/mol. The Morgan fingerprint density at radius 2 is 2.10 bits per heavy atom. The minimum absolute atomic E-state index is 0.339. The standard InChI is InChI=1S/C14H14N2O5/c1-20-21-14(19)10-6-8-7-4-2-3-5-9(7)15-11(8)12(16-10)13(17)18/h2-5,10,12,15-16H,6H2,1H3,(H,17,18). The molecule has 7 heteroatoms. The van der Waals surface area contributed by atoms with E-state index in [2.05, 4.69) is 20.1 Å². The summed E-state index contributed by atoms with van der Waals surface area (Å²) in [5.74, 6) is -1.70. The van der Waals surface area contributed by atoms with Crippen molar-refractivity contribution in [3.63, 3.8) is 0 Å². The Morgan fingerprint density at radius 1 is 1.33 bits per heavy atom. The summed E-state index contributed by atoms with van der Waals surface area (Å²) in [6.07, 6.45) is 0.339. The van der Waals surface area contributed by atoms with Crippen molar-refractivity contribution < 1.29 is 24.5 Å². The SMILES string of the molecule is COOC(=O)C1Cc2c([nH]c3ccccc23)C(C(=O)O)N1. The van der Waals surface area contributed by atoms with Gasteiger partial charge in [0, 0.05) is 23.0 Å². The zero-order chi connectivity index (χ0) is 15.0. The minimum Gasteiger partial charge on any atom is -0.480 e. The fraction of sp³-hybridized carbons (Fsp3) is 0.286. The average Bonchev–Trinajstić information content (AvgIpc) is 2.84. The number of para-hydroxylation sites is 1. The molecule has 0 aliphatic carbocycles. The van der Waals surface area contributed by atoms with Crippen molar-refractivity contribution in [3.8, 4) is 0 Å². The molecule has 0 fully saturated rings.